The van der Waals surface area contributed by atoms with Crippen molar-refractivity contribution in [1.82, 2.24) is 0 Å². The fourth-order valence-electron chi connectivity index (χ4n) is 2.96. The van der Waals surface area contributed by atoms with Crippen molar-refractivity contribution in [2.75, 3.05) is 0 Å². The maximum Gasteiger partial charge on any atom is 0.282 e. The van der Waals surface area contributed by atoms with Crippen molar-refractivity contribution in [2.24, 2.45) is 0 Å². The lowest BCUT2D eigenvalue weighted by atomic mass is 10.3. The third-order valence-corrected chi connectivity index (χ3v) is 8.56. The normalized spacial score (nSPS) is 11.4. The van der Waals surface area contributed by atoms with Crippen molar-refractivity contribution in [1.29, 1.82) is 0 Å². The molecule has 0 fully saturated rings. The van der Waals surface area contributed by atoms with Crippen molar-refractivity contribution >= 4 is 13.5 Å². The molecule has 0 radical (unpaired) electrons. The molecule has 22 heavy (non-hydrogen) atoms. The highest BCUT2D eigenvalue weighted by atomic mass is 28.4. The van der Waals surface area contributed by atoms with E-state index in [1.54, 1.807) is 0 Å². The molecular weight excluding hydrogens is 284 g/mol. The van der Waals surface area contributed by atoms with Crippen LogP contribution in [0.2, 0.25) is 12.1 Å². The van der Waals surface area contributed by atoms with Crippen LogP contribution in [0.3, 0.4) is 0 Å². The molecular formula is C20H28OSi. The van der Waals surface area contributed by atoms with Crippen LogP contribution in [0, 0.1) is 0 Å². The van der Waals surface area contributed by atoms with Gasteiger partial charge in [0.25, 0.3) is 8.32 Å². The molecule has 1 nitrogen and oxygen atoms in total. The average Bonchev–Trinajstić information content (AvgIpc) is 2.59. The molecule has 2 heteroatoms. The Labute approximate surface area is 136 Å². The van der Waals surface area contributed by atoms with Gasteiger partial charge in [-0.25, -0.2) is 0 Å². The standard InChI is InChI=1S/C20H28OSi/c1-3-5-17-22(18-6-4-2,20-15-11-8-12-16-20)21-19-13-9-7-10-14-19/h7-16H,3-6,17-18H2,1-2H3. The van der Waals surface area contributed by atoms with Gasteiger partial charge in [-0.2, -0.15) is 0 Å². The molecule has 0 aliphatic carbocycles. The Bertz CT molecular complexity index is 516. The Hall–Kier alpha value is -1.54. The molecule has 2 rings (SSSR count). The fourth-order valence-corrected chi connectivity index (χ4v) is 7.34. The predicted molar refractivity (Wildman–Crippen MR) is 98.3 cm³/mol. The summed E-state index contributed by atoms with van der Waals surface area (Å²) in [5.74, 6) is 1.03. The van der Waals surface area contributed by atoms with E-state index in [0.29, 0.717) is 0 Å². The highest BCUT2D eigenvalue weighted by Crippen LogP contribution is 2.26. The molecule has 2 aromatic carbocycles. The van der Waals surface area contributed by atoms with Crippen molar-refractivity contribution < 1.29 is 4.43 Å². The van der Waals surface area contributed by atoms with E-state index < -0.39 is 8.32 Å². The molecule has 0 atom stereocenters. The van der Waals surface area contributed by atoms with E-state index in [1.807, 2.05) is 0 Å². The Morgan fingerprint density at radius 1 is 0.727 bits per heavy atom. The van der Waals surface area contributed by atoms with Gasteiger partial charge >= 0.3 is 0 Å². The minimum atomic E-state index is -1.95. The van der Waals surface area contributed by atoms with E-state index in [4.69, 9.17) is 4.43 Å². The van der Waals surface area contributed by atoms with Gasteiger partial charge in [-0.1, -0.05) is 88.1 Å². The lowest BCUT2D eigenvalue weighted by Crippen LogP contribution is -2.53. The molecule has 0 heterocycles. The third kappa shape index (κ3) is 4.47. The second-order valence-electron chi connectivity index (χ2n) is 5.98. The summed E-state index contributed by atoms with van der Waals surface area (Å²) < 4.78 is 6.73. The second kappa shape index (κ2) is 8.79. The van der Waals surface area contributed by atoms with Gasteiger partial charge in [0.2, 0.25) is 0 Å². The number of unbranched alkanes of at least 4 members (excludes halogenated alkanes) is 2. The van der Waals surface area contributed by atoms with Crippen molar-refractivity contribution in [3.63, 3.8) is 0 Å². The molecule has 0 amide bonds. The highest BCUT2D eigenvalue weighted by molar-refractivity contribution is 6.87. The summed E-state index contributed by atoms with van der Waals surface area (Å²) in [5.41, 5.74) is 0. The van der Waals surface area contributed by atoms with Crippen molar-refractivity contribution in [3.05, 3.63) is 60.7 Å². The monoisotopic (exact) mass is 312 g/mol. The van der Waals surface area contributed by atoms with Gasteiger partial charge in [-0.05, 0) is 29.4 Å². The van der Waals surface area contributed by atoms with Crippen LogP contribution < -0.4 is 9.61 Å². The molecule has 0 saturated carbocycles. The van der Waals surface area contributed by atoms with Gasteiger partial charge in [0, 0.05) is 0 Å². The fraction of sp³-hybridized carbons (Fsp3) is 0.400. The van der Waals surface area contributed by atoms with Crippen LogP contribution >= 0.6 is 0 Å². The molecule has 0 bridgehead atoms. The largest absolute Gasteiger partial charge is 0.539 e. The summed E-state index contributed by atoms with van der Waals surface area (Å²) in [4.78, 5) is 0. The Balaban J connectivity index is 2.34. The third-order valence-electron chi connectivity index (χ3n) is 4.22. The van der Waals surface area contributed by atoms with Crippen LogP contribution in [0.5, 0.6) is 5.75 Å². The molecule has 118 valence electrons. The van der Waals surface area contributed by atoms with E-state index in [1.165, 1.54) is 43.0 Å². The molecule has 0 aliphatic heterocycles. The average molecular weight is 313 g/mol. The SMILES string of the molecule is CCCC[Si](CCCC)(Oc1ccccc1)c1ccccc1. The smallest absolute Gasteiger partial charge is 0.282 e. The van der Waals surface area contributed by atoms with Crippen LogP contribution in [0.25, 0.3) is 0 Å². The summed E-state index contributed by atoms with van der Waals surface area (Å²) in [6.07, 6.45) is 4.95. The summed E-state index contributed by atoms with van der Waals surface area (Å²) in [6.45, 7) is 4.54. The Kier molecular flexibility index (Phi) is 6.72. The quantitative estimate of drug-likeness (QED) is 0.554. The first-order chi connectivity index (χ1) is 10.8. The number of para-hydroxylation sites is 1. The van der Waals surface area contributed by atoms with Crippen LogP contribution in [-0.4, -0.2) is 8.32 Å². The summed E-state index contributed by atoms with van der Waals surface area (Å²) >= 11 is 0. The first kappa shape index (κ1) is 16.8. The topological polar surface area (TPSA) is 9.23 Å². The van der Waals surface area contributed by atoms with E-state index in [-0.39, 0.29) is 0 Å². The second-order valence-corrected chi connectivity index (χ2v) is 9.75. The molecule has 0 aromatic heterocycles. The van der Waals surface area contributed by atoms with Gasteiger partial charge in [0.05, 0.1) is 0 Å². The van der Waals surface area contributed by atoms with Gasteiger partial charge in [0.15, 0.2) is 0 Å². The van der Waals surface area contributed by atoms with Gasteiger partial charge < -0.3 is 4.43 Å². The molecule has 0 unspecified atom stereocenters. The molecule has 0 spiro atoms. The Morgan fingerprint density at radius 2 is 1.23 bits per heavy atom. The van der Waals surface area contributed by atoms with Crippen molar-refractivity contribution in [3.8, 4) is 5.75 Å². The first-order valence-electron chi connectivity index (χ1n) is 8.60. The maximum absolute atomic E-state index is 6.73. The van der Waals surface area contributed by atoms with E-state index in [0.717, 1.165) is 5.75 Å². The van der Waals surface area contributed by atoms with Gasteiger partial charge in [0.1, 0.15) is 5.75 Å². The maximum atomic E-state index is 6.73. The number of hydrogen-bond acceptors (Lipinski definition) is 1. The summed E-state index contributed by atoms with van der Waals surface area (Å²) in [5, 5.41) is 1.45. The lowest BCUT2D eigenvalue weighted by Gasteiger charge is -2.33. The zero-order valence-electron chi connectivity index (χ0n) is 13.9. The Morgan fingerprint density at radius 3 is 1.73 bits per heavy atom. The first-order valence-corrected chi connectivity index (χ1v) is 10.9. The molecule has 0 saturated heterocycles. The highest BCUT2D eigenvalue weighted by Gasteiger charge is 2.37. The van der Waals surface area contributed by atoms with Crippen molar-refractivity contribution in [2.45, 2.75) is 51.6 Å². The molecule has 2 aromatic rings. The zero-order valence-corrected chi connectivity index (χ0v) is 14.9. The lowest BCUT2D eigenvalue weighted by molar-refractivity contribution is 0.534. The number of rotatable bonds is 9. The van der Waals surface area contributed by atoms with Gasteiger partial charge in [-0.15, -0.1) is 0 Å². The minimum Gasteiger partial charge on any atom is -0.539 e. The summed E-state index contributed by atoms with van der Waals surface area (Å²) in [6, 6.07) is 23.8. The van der Waals surface area contributed by atoms with Crippen LogP contribution in [0.1, 0.15) is 39.5 Å². The number of benzene rings is 2. The van der Waals surface area contributed by atoms with Gasteiger partial charge in [-0.3, -0.25) is 0 Å². The molecule has 0 aliphatic rings. The number of hydrogen-bond donors (Lipinski definition) is 0. The van der Waals surface area contributed by atoms with E-state index >= 15 is 0 Å². The van der Waals surface area contributed by atoms with E-state index in [2.05, 4.69) is 74.5 Å². The van der Waals surface area contributed by atoms with Crippen LogP contribution in [0.15, 0.2) is 60.7 Å². The van der Waals surface area contributed by atoms with Crippen LogP contribution in [0.4, 0.5) is 0 Å². The zero-order chi connectivity index (χ0) is 15.7. The van der Waals surface area contributed by atoms with Crippen LogP contribution in [-0.2, 0) is 0 Å². The summed E-state index contributed by atoms with van der Waals surface area (Å²) in [7, 11) is -1.95. The minimum absolute atomic E-state index is 1.03. The van der Waals surface area contributed by atoms with E-state index in [9.17, 15) is 0 Å². The predicted octanol–water partition coefficient (Wildman–Crippen LogP) is 5.52. The molecule has 0 N–H and O–H groups in total.